The minimum absolute atomic E-state index is 0.0184. The lowest BCUT2D eigenvalue weighted by molar-refractivity contribution is 0.318. The molecule has 23 heavy (non-hydrogen) atoms. The summed E-state index contributed by atoms with van der Waals surface area (Å²) >= 11 is 0. The Bertz CT molecular complexity index is 815. The van der Waals surface area contributed by atoms with E-state index in [1.807, 2.05) is 6.07 Å². The summed E-state index contributed by atoms with van der Waals surface area (Å²) in [5.74, 6) is 1.56. The maximum atomic E-state index is 9.58. The van der Waals surface area contributed by atoms with Gasteiger partial charge in [0.25, 0.3) is 5.70 Å². The lowest BCUT2D eigenvalue weighted by atomic mass is 10.1. The van der Waals surface area contributed by atoms with Crippen LogP contribution in [-0.4, -0.2) is 12.2 Å². The van der Waals surface area contributed by atoms with Crippen molar-refractivity contribution in [2.75, 3.05) is 7.11 Å². The lowest BCUT2D eigenvalue weighted by Crippen LogP contribution is -1.96. The zero-order valence-electron chi connectivity index (χ0n) is 12.7. The highest BCUT2D eigenvalue weighted by Gasteiger charge is 2.10. The van der Waals surface area contributed by atoms with Crippen LogP contribution >= 0.6 is 0 Å². The van der Waals surface area contributed by atoms with E-state index in [2.05, 4.69) is 4.85 Å². The van der Waals surface area contributed by atoms with Crippen LogP contribution in [0.2, 0.25) is 0 Å². The molecule has 1 heterocycles. The van der Waals surface area contributed by atoms with Gasteiger partial charge in [-0.05, 0) is 48.4 Å². The Labute approximate surface area is 134 Å². The molecule has 5 heteroatoms. The molecule has 0 unspecified atom stereocenters. The second-order valence-corrected chi connectivity index (χ2v) is 4.70. The quantitative estimate of drug-likeness (QED) is 0.678. The number of hydrogen-bond donors (Lipinski definition) is 1. The molecule has 2 rings (SSSR count). The fraction of sp³-hybridized carbons (Fsp3) is 0.111. The monoisotopic (exact) mass is 306 g/mol. The van der Waals surface area contributed by atoms with Crippen LogP contribution in [0.3, 0.4) is 0 Å². The molecule has 1 aromatic carbocycles. The number of aromatic hydroxyl groups is 1. The van der Waals surface area contributed by atoms with Crippen molar-refractivity contribution in [2.24, 2.45) is 0 Å². The number of phenolic OH excluding ortho intramolecular Hbond substituents is 1. The number of phenols is 1. The van der Waals surface area contributed by atoms with E-state index >= 15 is 0 Å². The molecule has 1 aliphatic rings. The Morgan fingerprint density at radius 3 is 2.83 bits per heavy atom. The van der Waals surface area contributed by atoms with Gasteiger partial charge in [-0.1, -0.05) is 12.1 Å². The number of rotatable bonds is 3. The first-order valence-electron chi connectivity index (χ1n) is 6.72. The largest absolute Gasteiger partial charge is 0.504 e. The summed E-state index contributed by atoms with van der Waals surface area (Å²) < 4.78 is 10.6. The number of hydrogen-bond acceptors (Lipinski definition) is 4. The normalized spacial score (nSPS) is 15.8. The Morgan fingerprint density at radius 2 is 2.17 bits per heavy atom. The number of methoxy groups -OCH3 is 1. The third-order valence-corrected chi connectivity index (χ3v) is 3.07. The lowest BCUT2D eigenvalue weighted by Gasteiger charge is -2.13. The molecular formula is C18H14N2O3. The summed E-state index contributed by atoms with van der Waals surface area (Å²) in [6.07, 6.45) is 6.80. The second kappa shape index (κ2) is 7.02. The van der Waals surface area contributed by atoms with Crippen molar-refractivity contribution in [3.8, 4) is 17.6 Å². The highest BCUT2D eigenvalue weighted by Crippen LogP contribution is 2.28. The second-order valence-electron chi connectivity index (χ2n) is 4.70. The number of allylic oxidation sites excluding steroid dienone is 6. The summed E-state index contributed by atoms with van der Waals surface area (Å²) in [5.41, 5.74) is 1.35. The molecule has 0 spiro atoms. The maximum absolute atomic E-state index is 9.58. The minimum Gasteiger partial charge on any atom is -0.504 e. The Morgan fingerprint density at radius 1 is 1.39 bits per heavy atom. The minimum atomic E-state index is 0.0184. The standard InChI is InChI=1S/C18H14N2O3/c1-12-8-14(16(11-19)20-2)10-15(23-12)6-4-13-5-7-17(21)18(9-13)22-3/h4-10,21H,1,3H3/b6-4+,16-14+. The van der Waals surface area contributed by atoms with Gasteiger partial charge >= 0.3 is 0 Å². The molecule has 1 N–H and O–H groups in total. The topological polar surface area (TPSA) is 66.8 Å². The van der Waals surface area contributed by atoms with Crippen LogP contribution < -0.4 is 4.74 Å². The number of nitriles is 1. The van der Waals surface area contributed by atoms with Crippen molar-refractivity contribution in [3.63, 3.8) is 0 Å². The average molecular weight is 306 g/mol. The van der Waals surface area contributed by atoms with E-state index in [9.17, 15) is 5.11 Å². The molecule has 5 nitrogen and oxygen atoms in total. The molecule has 0 aliphatic carbocycles. The van der Waals surface area contributed by atoms with Gasteiger partial charge in [0.05, 0.1) is 19.8 Å². The van der Waals surface area contributed by atoms with Crippen LogP contribution in [0.4, 0.5) is 0 Å². The summed E-state index contributed by atoms with van der Waals surface area (Å²) in [5, 5.41) is 18.5. The van der Waals surface area contributed by atoms with Crippen molar-refractivity contribution in [2.45, 2.75) is 6.92 Å². The van der Waals surface area contributed by atoms with Crippen molar-refractivity contribution in [1.82, 2.24) is 0 Å². The zero-order chi connectivity index (χ0) is 16.8. The molecular weight excluding hydrogens is 292 g/mol. The first-order valence-corrected chi connectivity index (χ1v) is 6.72. The zero-order valence-corrected chi connectivity index (χ0v) is 12.7. The number of nitrogens with zero attached hydrogens (tertiary/aromatic N) is 2. The fourth-order valence-electron chi connectivity index (χ4n) is 2.01. The molecule has 114 valence electrons. The molecule has 1 aromatic rings. The van der Waals surface area contributed by atoms with Crippen LogP contribution in [0, 0.1) is 17.9 Å². The van der Waals surface area contributed by atoms with Gasteiger partial charge in [-0.3, -0.25) is 0 Å². The van der Waals surface area contributed by atoms with Gasteiger partial charge in [-0.2, -0.15) is 0 Å². The van der Waals surface area contributed by atoms with E-state index in [4.69, 9.17) is 21.3 Å². The highest BCUT2D eigenvalue weighted by molar-refractivity contribution is 5.59. The van der Waals surface area contributed by atoms with Crippen LogP contribution in [0.25, 0.3) is 10.9 Å². The Hall–Kier alpha value is -3.44. The van der Waals surface area contributed by atoms with Crippen LogP contribution in [0.1, 0.15) is 12.5 Å². The van der Waals surface area contributed by atoms with Crippen LogP contribution in [0.5, 0.6) is 11.5 Å². The molecule has 0 bridgehead atoms. The summed E-state index contributed by atoms with van der Waals surface area (Å²) in [4.78, 5) is 3.21. The third-order valence-electron chi connectivity index (χ3n) is 3.07. The molecule has 1 aliphatic heterocycles. The molecule has 0 amide bonds. The van der Waals surface area contributed by atoms with Crippen LogP contribution in [-0.2, 0) is 4.74 Å². The SMILES string of the molecule is [C-]#[N+]/C(C#N)=C1\C=C(C)OC(/C=C/c2ccc(O)c(OC)c2)=C1. The van der Waals surface area contributed by atoms with Gasteiger partial charge in [-0.15, -0.1) is 0 Å². The summed E-state index contributed by atoms with van der Waals surface area (Å²) in [6.45, 7) is 8.77. The summed E-state index contributed by atoms with van der Waals surface area (Å²) in [7, 11) is 1.48. The van der Waals surface area contributed by atoms with Crippen molar-refractivity contribution in [1.29, 1.82) is 5.26 Å². The molecule has 0 fully saturated rings. The molecule has 0 atom stereocenters. The number of ether oxygens (including phenoxy) is 2. The van der Waals surface area contributed by atoms with Crippen molar-refractivity contribution < 1.29 is 14.6 Å². The molecule has 0 aromatic heterocycles. The summed E-state index contributed by atoms with van der Waals surface area (Å²) in [6, 6.07) is 6.83. The van der Waals surface area contributed by atoms with Crippen LogP contribution in [0.15, 0.2) is 59.2 Å². The molecule has 0 radical (unpaired) electrons. The molecule has 0 saturated heterocycles. The van der Waals surface area contributed by atoms with E-state index in [1.165, 1.54) is 13.2 Å². The van der Waals surface area contributed by atoms with E-state index < -0.39 is 0 Å². The van der Waals surface area contributed by atoms with Gasteiger partial charge in [-0.25, -0.2) is 10.1 Å². The van der Waals surface area contributed by atoms with Crippen molar-refractivity contribution in [3.05, 3.63) is 76.2 Å². The highest BCUT2D eigenvalue weighted by atomic mass is 16.5. The first-order chi connectivity index (χ1) is 11.1. The van der Waals surface area contributed by atoms with Gasteiger partial charge < -0.3 is 14.6 Å². The third kappa shape index (κ3) is 3.81. The Kier molecular flexibility index (Phi) is 4.86. The van der Waals surface area contributed by atoms with E-state index in [1.54, 1.807) is 43.4 Å². The average Bonchev–Trinajstić information content (AvgIpc) is 2.55. The predicted octanol–water partition coefficient (Wildman–Crippen LogP) is 3.93. The molecule has 0 saturated carbocycles. The van der Waals surface area contributed by atoms with E-state index in [-0.39, 0.29) is 11.4 Å². The smallest absolute Gasteiger partial charge is 0.269 e. The van der Waals surface area contributed by atoms with Gasteiger partial charge in [0.2, 0.25) is 0 Å². The van der Waals surface area contributed by atoms with Crippen molar-refractivity contribution >= 4 is 6.08 Å². The number of benzene rings is 1. The predicted molar refractivity (Wildman–Crippen MR) is 85.9 cm³/mol. The maximum Gasteiger partial charge on any atom is 0.269 e. The van der Waals surface area contributed by atoms with E-state index in [0.717, 1.165) is 5.56 Å². The Balaban J connectivity index is 2.31. The van der Waals surface area contributed by atoms with Gasteiger partial charge in [0.15, 0.2) is 11.5 Å². The first kappa shape index (κ1) is 15.9. The van der Waals surface area contributed by atoms with Gasteiger partial charge in [0.1, 0.15) is 11.5 Å². The van der Waals surface area contributed by atoms with E-state index in [0.29, 0.717) is 22.8 Å². The fourth-order valence-corrected chi connectivity index (χ4v) is 2.01. The van der Waals surface area contributed by atoms with Gasteiger partial charge in [0, 0.05) is 0 Å².